The second-order valence-electron chi connectivity index (χ2n) is 14.1. The Hall–Kier alpha value is -1.66. The number of nitrogens with one attached hydrogen (secondary N) is 2. The fourth-order valence-corrected chi connectivity index (χ4v) is 8.75. The van der Waals surface area contributed by atoms with Crippen molar-refractivity contribution in [3.8, 4) is 0 Å². The van der Waals surface area contributed by atoms with Crippen molar-refractivity contribution in [1.82, 2.24) is 9.97 Å². The van der Waals surface area contributed by atoms with Crippen LogP contribution in [0.15, 0.2) is 48.0 Å². The molecule has 0 saturated heterocycles. The van der Waals surface area contributed by atoms with Crippen molar-refractivity contribution in [3.63, 3.8) is 0 Å². The monoisotopic (exact) mass is 798 g/mol. The summed E-state index contributed by atoms with van der Waals surface area (Å²) in [5.74, 6) is 1.21. The number of fused-ring (bicyclic) bond motifs is 7. The van der Waals surface area contributed by atoms with Crippen LogP contribution >= 0.6 is 72.8 Å². The Labute approximate surface area is 333 Å². The number of anilines is 2. The molecule has 3 aliphatic rings. The molecule has 2 bridgehead atoms. The molecule has 2 N–H and O–H groups in total. The highest BCUT2D eigenvalue weighted by Gasteiger charge is 2.33. The molecule has 4 aromatic rings. The zero-order chi connectivity index (χ0) is 31.5. The lowest BCUT2D eigenvalue weighted by Gasteiger charge is -2.36. The number of rotatable bonds is 13. The van der Waals surface area contributed by atoms with E-state index < -0.39 is 0 Å². The number of aromatic nitrogens is 2. The summed E-state index contributed by atoms with van der Waals surface area (Å²) in [6, 6.07) is 12.4. The van der Waals surface area contributed by atoms with Gasteiger partial charge in [-0.1, -0.05) is 73.4 Å². The highest BCUT2D eigenvalue weighted by atomic mass is 35.5. The maximum absolute atomic E-state index is 6.38. The van der Waals surface area contributed by atoms with Gasteiger partial charge >= 0.3 is 0 Å². The second-order valence-corrected chi connectivity index (χ2v) is 15.0. The van der Waals surface area contributed by atoms with Gasteiger partial charge in [-0.25, -0.2) is 0 Å². The summed E-state index contributed by atoms with van der Waals surface area (Å²) in [4.78, 5) is 10.1. The Kier molecular flexibility index (Phi) is 17.1. The molecular weight excluding hydrogens is 749 g/mol. The van der Waals surface area contributed by atoms with Gasteiger partial charge in [-0.05, 0) is 119 Å². The zero-order valence-corrected chi connectivity index (χ0v) is 33.8. The predicted molar refractivity (Wildman–Crippen MR) is 226 cm³/mol. The molecule has 2 unspecified atom stereocenters. The molecule has 0 saturated carbocycles. The number of allylic oxidation sites excluding steroid dienone is 2. The number of halogens is 6. The van der Waals surface area contributed by atoms with Crippen LogP contribution in [0.4, 0.5) is 11.4 Å². The third kappa shape index (κ3) is 9.85. The number of hydrogen-bond donors (Lipinski definition) is 2. The smallest absolute Gasteiger partial charge is 0.0741 e. The van der Waals surface area contributed by atoms with Gasteiger partial charge in [0.1, 0.15) is 0 Å². The first-order valence-corrected chi connectivity index (χ1v) is 18.7. The van der Waals surface area contributed by atoms with Crippen LogP contribution in [0.5, 0.6) is 0 Å². The van der Waals surface area contributed by atoms with Crippen LogP contribution in [-0.2, 0) is 19.3 Å². The SMILES string of the molecule is CC1=CC2Cc3nc4cc(Cl)ccc4c(NCCCCCCCCCCNc4c5c(nc6cc(Cl)ccc46)CCCC5)c3C(C1)C2.Cl.Cl.Cl.Cl. The number of unbranched alkanes of at least 4 members (excludes halogenated alkanes) is 7. The Morgan fingerprint density at radius 3 is 1.84 bits per heavy atom. The Bertz CT molecular complexity index is 1760. The van der Waals surface area contributed by atoms with E-state index in [1.165, 1.54) is 121 Å². The normalized spacial score (nSPS) is 17.2. The quantitative estimate of drug-likeness (QED) is 0.104. The molecule has 7 rings (SSSR count). The zero-order valence-electron chi connectivity index (χ0n) is 29.0. The van der Waals surface area contributed by atoms with E-state index in [0.29, 0.717) is 11.8 Å². The fraction of sp³-hybridized carbons (Fsp3) is 0.500. The minimum absolute atomic E-state index is 0. The molecule has 274 valence electrons. The van der Waals surface area contributed by atoms with Crippen molar-refractivity contribution in [2.45, 2.75) is 109 Å². The minimum atomic E-state index is 0. The Morgan fingerprint density at radius 2 is 1.20 bits per heavy atom. The summed E-state index contributed by atoms with van der Waals surface area (Å²) in [7, 11) is 0. The van der Waals surface area contributed by atoms with Gasteiger partial charge in [-0.15, -0.1) is 49.6 Å². The van der Waals surface area contributed by atoms with Gasteiger partial charge in [0.05, 0.1) is 11.0 Å². The Morgan fingerprint density at radius 1 is 0.660 bits per heavy atom. The Balaban J connectivity index is 0.00000169. The van der Waals surface area contributed by atoms with E-state index in [2.05, 4.69) is 35.8 Å². The number of hydrogen-bond acceptors (Lipinski definition) is 4. The molecule has 0 fully saturated rings. The van der Waals surface area contributed by atoms with Gasteiger partial charge in [0, 0.05) is 62.2 Å². The molecule has 2 aromatic carbocycles. The average Bonchev–Trinajstić information content (AvgIpc) is 3.03. The van der Waals surface area contributed by atoms with Crippen molar-refractivity contribution in [2.75, 3.05) is 23.7 Å². The lowest BCUT2D eigenvalue weighted by molar-refractivity contribution is 0.433. The lowest BCUT2D eigenvalue weighted by Crippen LogP contribution is -2.24. The summed E-state index contributed by atoms with van der Waals surface area (Å²) in [5, 5.41) is 11.7. The fourth-order valence-electron chi connectivity index (χ4n) is 8.41. The third-order valence-electron chi connectivity index (χ3n) is 10.5. The van der Waals surface area contributed by atoms with Crippen molar-refractivity contribution < 1.29 is 0 Å². The first-order chi connectivity index (χ1) is 22.5. The standard InChI is InChI=1S/C40H48Cl2N4.4ClH/c1-26-20-27-22-28(21-26)38-37(23-27)46-36-25-30(42)15-17-33(36)40(38)44-19-11-7-5-3-2-4-6-10-18-43-39-31-12-8-9-13-34(31)45-35-24-29(41)14-16-32(35)39;;;;/h14-17,20,24-25,27-28H,2-13,18-19,21-23H2,1H3,(H,43,45)(H,44,46);4*1H. The lowest BCUT2D eigenvalue weighted by atomic mass is 9.71. The van der Waals surface area contributed by atoms with E-state index in [0.717, 1.165) is 59.9 Å². The van der Waals surface area contributed by atoms with Crippen LogP contribution in [0.1, 0.15) is 112 Å². The van der Waals surface area contributed by atoms with Crippen molar-refractivity contribution in [2.24, 2.45) is 5.92 Å². The molecular formula is C40H52Cl6N4. The van der Waals surface area contributed by atoms with Crippen LogP contribution in [0.2, 0.25) is 10.0 Å². The van der Waals surface area contributed by atoms with Crippen LogP contribution in [0.3, 0.4) is 0 Å². The summed E-state index contributed by atoms with van der Waals surface area (Å²) >= 11 is 12.7. The van der Waals surface area contributed by atoms with Gasteiger partial charge < -0.3 is 10.6 Å². The molecule has 10 heteroatoms. The van der Waals surface area contributed by atoms with Crippen LogP contribution in [-0.4, -0.2) is 23.1 Å². The van der Waals surface area contributed by atoms with Gasteiger partial charge in [0.2, 0.25) is 0 Å². The van der Waals surface area contributed by atoms with Crippen molar-refractivity contribution in [1.29, 1.82) is 0 Å². The van der Waals surface area contributed by atoms with E-state index in [1.807, 2.05) is 24.3 Å². The first kappa shape index (κ1) is 42.8. The van der Waals surface area contributed by atoms with E-state index >= 15 is 0 Å². The molecule has 50 heavy (non-hydrogen) atoms. The number of benzene rings is 2. The molecule has 2 heterocycles. The number of nitrogens with zero attached hydrogens (tertiary/aromatic N) is 2. The average molecular weight is 802 g/mol. The van der Waals surface area contributed by atoms with Gasteiger partial charge in [-0.2, -0.15) is 0 Å². The van der Waals surface area contributed by atoms with E-state index in [4.69, 9.17) is 33.2 Å². The molecule has 2 aromatic heterocycles. The number of pyridine rings is 2. The second kappa shape index (κ2) is 20.0. The third-order valence-corrected chi connectivity index (χ3v) is 11.0. The van der Waals surface area contributed by atoms with E-state index in [9.17, 15) is 0 Å². The molecule has 0 amide bonds. The molecule has 2 atom stereocenters. The highest BCUT2D eigenvalue weighted by molar-refractivity contribution is 6.31. The van der Waals surface area contributed by atoms with Crippen LogP contribution < -0.4 is 10.6 Å². The van der Waals surface area contributed by atoms with Crippen molar-refractivity contribution >= 4 is 106 Å². The molecule has 0 radical (unpaired) electrons. The van der Waals surface area contributed by atoms with E-state index in [-0.39, 0.29) is 49.6 Å². The molecule has 3 aliphatic carbocycles. The van der Waals surface area contributed by atoms with E-state index in [1.54, 1.807) is 0 Å². The van der Waals surface area contributed by atoms with Crippen molar-refractivity contribution in [3.05, 3.63) is 80.6 Å². The number of aryl methyl sites for hydroxylation is 1. The summed E-state index contributed by atoms with van der Waals surface area (Å²) in [6.07, 6.45) is 20.9. The maximum Gasteiger partial charge on any atom is 0.0741 e. The molecule has 0 spiro atoms. The van der Waals surface area contributed by atoms with Crippen LogP contribution in [0.25, 0.3) is 21.8 Å². The minimum Gasteiger partial charge on any atom is -0.384 e. The van der Waals surface area contributed by atoms with Gasteiger partial charge in [0.15, 0.2) is 0 Å². The first-order valence-electron chi connectivity index (χ1n) is 17.9. The topological polar surface area (TPSA) is 49.8 Å². The summed E-state index contributed by atoms with van der Waals surface area (Å²) in [6.45, 7) is 4.34. The molecule has 4 nitrogen and oxygen atoms in total. The maximum atomic E-state index is 6.38. The summed E-state index contributed by atoms with van der Waals surface area (Å²) in [5.41, 5.74) is 11.7. The predicted octanol–water partition coefficient (Wildman–Crippen LogP) is 13.3. The summed E-state index contributed by atoms with van der Waals surface area (Å²) < 4.78 is 0. The van der Waals surface area contributed by atoms with Gasteiger partial charge in [0.25, 0.3) is 0 Å². The molecule has 0 aliphatic heterocycles. The highest BCUT2D eigenvalue weighted by Crippen LogP contribution is 2.47. The van der Waals surface area contributed by atoms with Crippen LogP contribution in [0, 0.1) is 5.92 Å². The van der Waals surface area contributed by atoms with Gasteiger partial charge in [-0.3, -0.25) is 9.97 Å². The largest absolute Gasteiger partial charge is 0.384 e.